The van der Waals surface area contributed by atoms with Gasteiger partial charge in [-0.05, 0) is 62.3 Å². The molecule has 0 radical (unpaired) electrons. The molecule has 28 heavy (non-hydrogen) atoms. The number of benzene rings is 1. The lowest BCUT2D eigenvalue weighted by atomic mass is 9.95. The summed E-state index contributed by atoms with van der Waals surface area (Å²) in [6.45, 7) is 0.998. The number of aromatic nitrogens is 1. The van der Waals surface area contributed by atoms with Crippen molar-refractivity contribution in [3.05, 3.63) is 48.8 Å². The van der Waals surface area contributed by atoms with Gasteiger partial charge < -0.3 is 15.4 Å². The van der Waals surface area contributed by atoms with Gasteiger partial charge in [0.1, 0.15) is 11.5 Å². The summed E-state index contributed by atoms with van der Waals surface area (Å²) in [4.78, 5) is 16.7. The van der Waals surface area contributed by atoms with E-state index >= 15 is 0 Å². The highest BCUT2D eigenvalue weighted by Gasteiger charge is 2.48. The number of carbonyl (C=O) groups excluding carboxylic acids is 1. The first kappa shape index (κ1) is 24.2. The highest BCUT2D eigenvalue weighted by molar-refractivity contribution is 7.92. The van der Waals surface area contributed by atoms with Crippen molar-refractivity contribution in [2.45, 2.75) is 17.6 Å². The summed E-state index contributed by atoms with van der Waals surface area (Å²) in [6, 6.07) is 10.3. The van der Waals surface area contributed by atoms with Crippen molar-refractivity contribution in [3.8, 4) is 11.5 Å². The smallest absolute Gasteiger partial charge is 0.245 e. The van der Waals surface area contributed by atoms with Gasteiger partial charge in [0.25, 0.3) is 0 Å². The molecule has 154 valence electrons. The molecule has 0 saturated carbocycles. The van der Waals surface area contributed by atoms with Crippen LogP contribution in [0.3, 0.4) is 0 Å². The molecular weight excluding hydrogens is 425 g/mol. The van der Waals surface area contributed by atoms with Crippen molar-refractivity contribution >= 4 is 46.2 Å². The van der Waals surface area contributed by atoms with Crippen molar-refractivity contribution < 1.29 is 17.9 Å². The van der Waals surface area contributed by atoms with Crippen LogP contribution in [-0.4, -0.2) is 43.4 Å². The Morgan fingerprint density at radius 1 is 1.04 bits per heavy atom. The van der Waals surface area contributed by atoms with E-state index in [1.807, 2.05) is 0 Å². The molecule has 0 aliphatic carbocycles. The van der Waals surface area contributed by atoms with Crippen LogP contribution in [0.5, 0.6) is 11.5 Å². The molecule has 2 N–H and O–H groups in total. The number of hydrogen-bond donors (Lipinski definition) is 2. The first-order chi connectivity index (χ1) is 12.4. The molecule has 0 unspecified atom stereocenters. The summed E-state index contributed by atoms with van der Waals surface area (Å²) in [5, 5.41) is 5.83. The predicted octanol–water partition coefficient (Wildman–Crippen LogP) is 2.82. The molecule has 7 nitrogen and oxygen atoms in total. The van der Waals surface area contributed by atoms with Crippen molar-refractivity contribution in [1.29, 1.82) is 0 Å². The molecule has 1 fully saturated rings. The second-order valence-corrected chi connectivity index (χ2v) is 8.61. The fraction of sp³-hybridized carbons (Fsp3) is 0.333. The van der Waals surface area contributed by atoms with Crippen LogP contribution in [-0.2, 0) is 14.6 Å². The Balaban J connectivity index is 0.00000196. The van der Waals surface area contributed by atoms with E-state index in [4.69, 9.17) is 4.74 Å². The number of anilines is 1. The van der Waals surface area contributed by atoms with Crippen LogP contribution in [0.15, 0.2) is 48.8 Å². The maximum Gasteiger partial charge on any atom is 0.245 e. The quantitative estimate of drug-likeness (QED) is 0.730. The fourth-order valence-corrected chi connectivity index (χ4v) is 4.32. The fourth-order valence-electron chi connectivity index (χ4n) is 2.99. The molecule has 2 heterocycles. The predicted molar refractivity (Wildman–Crippen MR) is 114 cm³/mol. The largest absolute Gasteiger partial charge is 0.457 e. The number of halogens is 2. The number of sulfone groups is 1. The summed E-state index contributed by atoms with van der Waals surface area (Å²) in [7, 11) is -3.54. The molecule has 1 aliphatic rings. The summed E-state index contributed by atoms with van der Waals surface area (Å²) in [5.74, 6) is 0.778. The molecule has 0 atom stereocenters. The number of rotatable bonds is 5. The zero-order valence-electron chi connectivity index (χ0n) is 15.3. The molecule has 1 aliphatic heterocycles. The maximum atomic E-state index is 12.8. The number of piperidine rings is 1. The van der Waals surface area contributed by atoms with E-state index in [1.165, 1.54) is 0 Å². The van der Waals surface area contributed by atoms with E-state index in [-0.39, 0.29) is 37.7 Å². The van der Waals surface area contributed by atoms with Gasteiger partial charge in [-0.3, -0.25) is 9.78 Å². The van der Waals surface area contributed by atoms with Gasteiger partial charge in [0, 0.05) is 24.3 Å². The zero-order valence-corrected chi connectivity index (χ0v) is 17.7. The first-order valence-electron chi connectivity index (χ1n) is 8.30. The van der Waals surface area contributed by atoms with Crippen LogP contribution in [0.2, 0.25) is 0 Å². The average Bonchev–Trinajstić information content (AvgIpc) is 2.64. The average molecular weight is 448 g/mol. The minimum absolute atomic E-state index is 0. The third-order valence-electron chi connectivity index (χ3n) is 4.53. The first-order valence-corrected chi connectivity index (χ1v) is 10.2. The third kappa shape index (κ3) is 5.35. The van der Waals surface area contributed by atoms with Crippen molar-refractivity contribution in [2.24, 2.45) is 0 Å². The number of carbonyl (C=O) groups is 1. The number of amides is 1. The minimum atomic E-state index is -3.54. The number of ether oxygens (including phenoxy) is 1. The Hall–Kier alpha value is -1.87. The molecule has 1 aromatic carbocycles. The zero-order chi connectivity index (χ0) is 18.6. The minimum Gasteiger partial charge on any atom is -0.457 e. The van der Waals surface area contributed by atoms with Crippen LogP contribution in [0.25, 0.3) is 0 Å². The van der Waals surface area contributed by atoms with Crippen molar-refractivity contribution in [2.75, 3.05) is 24.7 Å². The molecule has 1 amide bonds. The molecule has 10 heteroatoms. The van der Waals surface area contributed by atoms with Gasteiger partial charge in [-0.2, -0.15) is 0 Å². The van der Waals surface area contributed by atoms with Crippen molar-refractivity contribution in [1.82, 2.24) is 10.3 Å². The number of hydrogen-bond acceptors (Lipinski definition) is 6. The summed E-state index contributed by atoms with van der Waals surface area (Å²) in [5.41, 5.74) is 0.527. The summed E-state index contributed by atoms with van der Waals surface area (Å²) >= 11 is 0. The van der Waals surface area contributed by atoms with Gasteiger partial charge >= 0.3 is 0 Å². The van der Waals surface area contributed by atoms with Crippen LogP contribution in [0.1, 0.15) is 12.8 Å². The van der Waals surface area contributed by atoms with Crippen LogP contribution >= 0.6 is 24.8 Å². The van der Waals surface area contributed by atoms with Crippen molar-refractivity contribution in [3.63, 3.8) is 0 Å². The molecule has 1 aromatic heterocycles. The van der Waals surface area contributed by atoms with Gasteiger partial charge in [-0.25, -0.2) is 8.42 Å². The lowest BCUT2D eigenvalue weighted by molar-refractivity contribution is -0.119. The second kappa shape index (κ2) is 10.1. The number of nitrogens with one attached hydrogen (secondary N) is 2. The van der Waals surface area contributed by atoms with Gasteiger partial charge in [0.2, 0.25) is 5.91 Å². The molecule has 1 saturated heterocycles. The molecule has 2 aromatic rings. The second-order valence-electron chi connectivity index (χ2n) is 6.28. The Morgan fingerprint density at radius 2 is 1.57 bits per heavy atom. The standard InChI is InChI=1S/C18H21N3O4S.2ClH/c1-26(23,24)18(8-12-20-13-9-18)17(22)21-14-2-4-15(5-3-14)25-16-6-10-19-11-7-16;;/h2-7,10-11,20H,8-9,12-13H2,1H3,(H,21,22);2*1H. The van der Waals surface area contributed by atoms with Crippen LogP contribution in [0, 0.1) is 0 Å². The maximum absolute atomic E-state index is 12.8. The van der Waals surface area contributed by atoms with Gasteiger partial charge in [-0.15, -0.1) is 24.8 Å². The third-order valence-corrected chi connectivity index (χ3v) is 6.55. The summed E-state index contributed by atoms with van der Waals surface area (Å²) in [6.07, 6.45) is 4.92. The Bertz CT molecular complexity index is 871. The van der Waals surface area contributed by atoms with E-state index in [1.54, 1.807) is 48.8 Å². The lowest BCUT2D eigenvalue weighted by Crippen LogP contribution is -2.55. The highest BCUT2D eigenvalue weighted by Crippen LogP contribution is 2.30. The Labute approximate surface area is 177 Å². The van der Waals surface area contributed by atoms with Gasteiger partial charge in [0.05, 0.1) is 0 Å². The van der Waals surface area contributed by atoms with E-state index in [2.05, 4.69) is 15.6 Å². The Morgan fingerprint density at radius 3 is 2.11 bits per heavy atom. The van der Waals surface area contributed by atoms with E-state index in [0.717, 1.165) is 6.26 Å². The van der Waals surface area contributed by atoms with E-state index in [9.17, 15) is 13.2 Å². The SMILES string of the molecule is CS(=O)(=O)C1(C(=O)Nc2ccc(Oc3ccncc3)cc2)CCNCC1.Cl.Cl. The molecule has 0 spiro atoms. The van der Waals surface area contributed by atoms with Gasteiger partial charge in [-0.1, -0.05) is 0 Å². The van der Waals surface area contributed by atoms with E-state index < -0.39 is 20.5 Å². The van der Waals surface area contributed by atoms with E-state index in [0.29, 0.717) is 30.3 Å². The topological polar surface area (TPSA) is 97.4 Å². The molecule has 0 bridgehead atoms. The number of nitrogens with zero attached hydrogens (tertiary/aromatic N) is 1. The van der Waals surface area contributed by atoms with Crippen LogP contribution in [0.4, 0.5) is 5.69 Å². The number of pyridine rings is 1. The normalized spacial score (nSPS) is 15.5. The highest BCUT2D eigenvalue weighted by atomic mass is 35.5. The monoisotopic (exact) mass is 447 g/mol. The van der Waals surface area contributed by atoms with Crippen LogP contribution < -0.4 is 15.4 Å². The van der Waals surface area contributed by atoms with Gasteiger partial charge in [0.15, 0.2) is 14.6 Å². The molecular formula is C18H23Cl2N3O4S. The Kier molecular flexibility index (Phi) is 8.69. The molecule has 3 rings (SSSR count). The lowest BCUT2D eigenvalue weighted by Gasteiger charge is -2.34. The summed E-state index contributed by atoms with van der Waals surface area (Å²) < 4.78 is 28.9.